The molecule has 0 saturated carbocycles. The first-order valence-electron chi connectivity index (χ1n) is 4.68. The quantitative estimate of drug-likeness (QED) is 0.827. The second-order valence-electron chi connectivity index (χ2n) is 3.54. The van der Waals surface area contributed by atoms with Crippen molar-refractivity contribution in [3.8, 4) is 0 Å². The molecule has 0 fully saturated rings. The van der Waals surface area contributed by atoms with Crippen molar-refractivity contribution in [2.45, 2.75) is 13.0 Å². The highest BCUT2D eigenvalue weighted by atomic mass is 19.1. The average Bonchev–Trinajstić information content (AvgIpc) is 2.17. The molecule has 82 valence electrons. The smallest absolute Gasteiger partial charge is 0.317 e. The highest BCUT2D eigenvalue weighted by Gasteiger charge is 2.13. The predicted octanol–water partition coefficient (Wildman–Crippen LogP) is 1.90. The lowest BCUT2D eigenvalue weighted by Crippen LogP contribution is -2.28. The predicted molar refractivity (Wildman–Crippen MR) is 55.1 cm³/mol. The minimum Gasteiger partial charge on any atom is -0.480 e. The number of benzene rings is 1. The molecule has 0 saturated heterocycles. The summed E-state index contributed by atoms with van der Waals surface area (Å²) >= 11 is 0. The van der Waals surface area contributed by atoms with Gasteiger partial charge in [-0.15, -0.1) is 0 Å². The monoisotopic (exact) mass is 211 g/mol. The van der Waals surface area contributed by atoms with E-state index in [4.69, 9.17) is 5.11 Å². The van der Waals surface area contributed by atoms with Crippen LogP contribution in [0.15, 0.2) is 24.3 Å². The number of nitrogens with zero attached hydrogens (tertiary/aromatic N) is 1. The van der Waals surface area contributed by atoms with Gasteiger partial charge in [0.05, 0.1) is 6.54 Å². The third-order valence-corrected chi connectivity index (χ3v) is 2.40. The Bertz CT molecular complexity index is 337. The van der Waals surface area contributed by atoms with Gasteiger partial charge in [-0.25, -0.2) is 4.39 Å². The lowest BCUT2D eigenvalue weighted by molar-refractivity contribution is -0.138. The van der Waals surface area contributed by atoms with Crippen molar-refractivity contribution in [2.75, 3.05) is 13.6 Å². The van der Waals surface area contributed by atoms with E-state index < -0.39 is 5.97 Å². The van der Waals surface area contributed by atoms with E-state index in [2.05, 4.69) is 0 Å². The van der Waals surface area contributed by atoms with Gasteiger partial charge in [-0.1, -0.05) is 12.1 Å². The normalized spacial score (nSPS) is 12.8. The molecule has 0 unspecified atom stereocenters. The highest BCUT2D eigenvalue weighted by molar-refractivity contribution is 5.69. The van der Waals surface area contributed by atoms with Crippen LogP contribution in [-0.2, 0) is 4.79 Å². The minimum absolute atomic E-state index is 0.0292. The van der Waals surface area contributed by atoms with Gasteiger partial charge in [-0.3, -0.25) is 9.69 Å². The van der Waals surface area contributed by atoms with Gasteiger partial charge in [0.15, 0.2) is 0 Å². The number of carboxylic acids is 1. The number of carbonyl (C=O) groups is 1. The molecule has 1 N–H and O–H groups in total. The Labute approximate surface area is 88.1 Å². The van der Waals surface area contributed by atoms with Crippen LogP contribution < -0.4 is 0 Å². The van der Waals surface area contributed by atoms with Crippen LogP contribution in [0.2, 0.25) is 0 Å². The Kier molecular flexibility index (Phi) is 3.80. The fourth-order valence-corrected chi connectivity index (χ4v) is 1.35. The fraction of sp³-hybridized carbons (Fsp3) is 0.364. The molecule has 15 heavy (non-hydrogen) atoms. The topological polar surface area (TPSA) is 40.5 Å². The summed E-state index contributed by atoms with van der Waals surface area (Å²) in [7, 11) is 1.72. The molecule has 0 aliphatic rings. The zero-order valence-electron chi connectivity index (χ0n) is 8.77. The van der Waals surface area contributed by atoms with Crippen molar-refractivity contribution < 1.29 is 14.3 Å². The van der Waals surface area contributed by atoms with E-state index in [1.807, 2.05) is 6.92 Å². The molecule has 0 aliphatic heterocycles. The Morgan fingerprint density at radius 3 is 2.47 bits per heavy atom. The maximum Gasteiger partial charge on any atom is 0.317 e. The van der Waals surface area contributed by atoms with Gasteiger partial charge in [-0.05, 0) is 31.7 Å². The van der Waals surface area contributed by atoms with Gasteiger partial charge in [0, 0.05) is 6.04 Å². The lowest BCUT2D eigenvalue weighted by Gasteiger charge is -2.23. The molecule has 1 atom stereocenters. The van der Waals surface area contributed by atoms with Gasteiger partial charge in [0.2, 0.25) is 0 Å². The van der Waals surface area contributed by atoms with Crippen LogP contribution in [0.25, 0.3) is 0 Å². The number of hydrogen-bond donors (Lipinski definition) is 1. The van der Waals surface area contributed by atoms with Crippen LogP contribution in [0.1, 0.15) is 18.5 Å². The van der Waals surface area contributed by atoms with E-state index in [-0.39, 0.29) is 18.4 Å². The molecule has 1 rings (SSSR count). The second-order valence-corrected chi connectivity index (χ2v) is 3.54. The van der Waals surface area contributed by atoms with Gasteiger partial charge in [-0.2, -0.15) is 0 Å². The highest BCUT2D eigenvalue weighted by Crippen LogP contribution is 2.18. The SMILES string of the molecule is C[C@@H](c1ccc(F)cc1)N(C)CC(=O)O. The molecular weight excluding hydrogens is 197 g/mol. The molecule has 0 aromatic heterocycles. The average molecular weight is 211 g/mol. The first kappa shape index (κ1) is 11.7. The third-order valence-electron chi connectivity index (χ3n) is 2.40. The molecule has 4 heteroatoms. The van der Waals surface area contributed by atoms with Crippen LogP contribution in [0, 0.1) is 5.82 Å². The van der Waals surface area contributed by atoms with Crippen LogP contribution in [0.3, 0.4) is 0 Å². The van der Waals surface area contributed by atoms with E-state index in [0.717, 1.165) is 5.56 Å². The van der Waals surface area contributed by atoms with Gasteiger partial charge >= 0.3 is 5.97 Å². The molecular formula is C11H14FNO2. The van der Waals surface area contributed by atoms with E-state index in [9.17, 15) is 9.18 Å². The van der Waals surface area contributed by atoms with Crippen LogP contribution in [0.5, 0.6) is 0 Å². The van der Waals surface area contributed by atoms with Crippen LogP contribution >= 0.6 is 0 Å². The Morgan fingerprint density at radius 1 is 1.47 bits per heavy atom. The number of aliphatic carboxylic acids is 1. The molecule has 0 heterocycles. The summed E-state index contributed by atoms with van der Waals surface area (Å²) < 4.78 is 12.7. The molecule has 0 radical (unpaired) electrons. The summed E-state index contributed by atoms with van der Waals surface area (Å²) in [4.78, 5) is 12.2. The zero-order valence-corrected chi connectivity index (χ0v) is 8.77. The summed E-state index contributed by atoms with van der Waals surface area (Å²) in [5.41, 5.74) is 0.903. The van der Waals surface area contributed by atoms with Crippen molar-refractivity contribution in [1.82, 2.24) is 4.90 Å². The summed E-state index contributed by atoms with van der Waals surface area (Å²) in [6.07, 6.45) is 0. The van der Waals surface area contributed by atoms with Gasteiger partial charge in [0.1, 0.15) is 5.82 Å². The van der Waals surface area contributed by atoms with Crippen LogP contribution in [0.4, 0.5) is 4.39 Å². The number of hydrogen-bond acceptors (Lipinski definition) is 2. The summed E-state index contributed by atoms with van der Waals surface area (Å²) in [5, 5.41) is 8.62. The fourth-order valence-electron chi connectivity index (χ4n) is 1.35. The van der Waals surface area contributed by atoms with Crippen molar-refractivity contribution >= 4 is 5.97 Å². The van der Waals surface area contributed by atoms with Gasteiger partial charge in [0.25, 0.3) is 0 Å². The van der Waals surface area contributed by atoms with Crippen molar-refractivity contribution in [3.05, 3.63) is 35.6 Å². The van der Waals surface area contributed by atoms with E-state index in [1.54, 1.807) is 24.1 Å². The summed E-state index contributed by atoms with van der Waals surface area (Å²) in [5.74, 6) is -1.15. The summed E-state index contributed by atoms with van der Waals surface area (Å²) in [6, 6.07) is 6.04. The van der Waals surface area contributed by atoms with Crippen molar-refractivity contribution in [3.63, 3.8) is 0 Å². The number of carboxylic acid groups (broad SMARTS) is 1. The lowest BCUT2D eigenvalue weighted by atomic mass is 10.1. The summed E-state index contributed by atoms with van der Waals surface area (Å²) in [6.45, 7) is 1.86. The maximum absolute atomic E-state index is 12.7. The standard InChI is InChI=1S/C11H14FNO2/c1-8(13(2)7-11(14)15)9-3-5-10(12)6-4-9/h3-6,8H,7H2,1-2H3,(H,14,15)/t8-/m0/s1. The van der Waals surface area contributed by atoms with E-state index in [1.165, 1.54) is 12.1 Å². The first-order valence-corrected chi connectivity index (χ1v) is 4.68. The van der Waals surface area contributed by atoms with E-state index in [0.29, 0.717) is 0 Å². The Hall–Kier alpha value is -1.42. The number of rotatable bonds is 4. The largest absolute Gasteiger partial charge is 0.480 e. The van der Waals surface area contributed by atoms with Crippen molar-refractivity contribution in [2.24, 2.45) is 0 Å². The van der Waals surface area contributed by atoms with Crippen LogP contribution in [-0.4, -0.2) is 29.6 Å². The molecule has 3 nitrogen and oxygen atoms in total. The Balaban J connectivity index is 2.71. The number of halogens is 1. The molecule has 0 aliphatic carbocycles. The molecule has 1 aromatic carbocycles. The zero-order chi connectivity index (χ0) is 11.4. The van der Waals surface area contributed by atoms with Gasteiger partial charge < -0.3 is 5.11 Å². The third kappa shape index (κ3) is 3.32. The molecule has 0 bridgehead atoms. The minimum atomic E-state index is -0.869. The molecule has 0 spiro atoms. The van der Waals surface area contributed by atoms with E-state index >= 15 is 0 Å². The first-order chi connectivity index (χ1) is 7.00. The second kappa shape index (κ2) is 4.89. The van der Waals surface area contributed by atoms with Crippen molar-refractivity contribution in [1.29, 1.82) is 0 Å². The molecule has 0 amide bonds. The molecule has 1 aromatic rings. The Morgan fingerprint density at radius 2 is 2.00 bits per heavy atom. The maximum atomic E-state index is 12.7. The number of likely N-dealkylation sites (N-methyl/N-ethyl adjacent to an activating group) is 1.